The van der Waals surface area contributed by atoms with Crippen LogP contribution in [0.1, 0.15) is 168 Å². The van der Waals surface area contributed by atoms with Crippen LogP contribution in [0, 0.1) is 41.4 Å². The predicted molar refractivity (Wildman–Crippen MR) is 178 cm³/mol. The lowest BCUT2D eigenvalue weighted by molar-refractivity contribution is -0.134. The Hall–Kier alpha value is -0.610. The number of hydrogen-bond donors (Lipinski definition) is 2. The van der Waals surface area contributed by atoms with E-state index < -0.39 is 6.10 Å². The second-order valence-electron chi connectivity index (χ2n) is 17.2. The highest BCUT2D eigenvalue weighted by molar-refractivity contribution is 5.79. The number of carbonyl (C=O) groups excluding carboxylic acids is 1. The molecule has 0 heterocycles. The molecule has 0 aromatic heterocycles. The molecule has 6 aliphatic carbocycles. The first-order chi connectivity index (χ1) is 20.9. The van der Waals surface area contributed by atoms with E-state index in [9.17, 15) is 9.90 Å². The zero-order chi connectivity index (χ0) is 29.8. The normalized spacial score (nSPS) is 44.5. The summed E-state index contributed by atoms with van der Waals surface area (Å²) in [7, 11) is 0. The van der Waals surface area contributed by atoms with Crippen molar-refractivity contribution in [3.05, 3.63) is 0 Å². The van der Waals surface area contributed by atoms with E-state index in [4.69, 9.17) is 0 Å². The Labute approximate surface area is 265 Å². The summed E-state index contributed by atoms with van der Waals surface area (Å²) in [4.78, 5) is 16.3. The maximum Gasteiger partial charge on any atom is 0.225 e. The van der Waals surface area contributed by atoms with Crippen LogP contribution in [0.4, 0.5) is 0 Å². The zero-order valence-corrected chi connectivity index (χ0v) is 28.2. The summed E-state index contributed by atoms with van der Waals surface area (Å²) in [6, 6.07) is 2.94. The molecule has 6 fully saturated rings. The number of fused-ring (bicyclic) bond motifs is 1. The highest BCUT2D eigenvalue weighted by Gasteiger charge is 2.41. The Morgan fingerprint density at radius 3 is 1.56 bits per heavy atom. The van der Waals surface area contributed by atoms with Crippen molar-refractivity contribution in [2.24, 2.45) is 41.4 Å². The number of carbonyl (C=O) groups is 1. The van der Waals surface area contributed by atoms with Gasteiger partial charge in [0.15, 0.2) is 0 Å². The van der Waals surface area contributed by atoms with Crippen LogP contribution in [0.25, 0.3) is 0 Å². The van der Waals surface area contributed by atoms with Crippen molar-refractivity contribution in [3.8, 4) is 0 Å². The first-order valence-corrected chi connectivity index (χ1v) is 19.7. The van der Waals surface area contributed by atoms with Crippen LogP contribution in [0.2, 0.25) is 0 Å². The monoisotopic (exact) mass is 597 g/mol. The Kier molecular flexibility index (Phi) is 11.5. The maximum absolute atomic E-state index is 13.2. The highest BCUT2D eigenvalue weighted by Crippen LogP contribution is 2.44. The molecule has 0 spiro atoms. The number of amides is 1. The molecule has 6 saturated carbocycles. The molecule has 4 atom stereocenters. The summed E-state index contributed by atoms with van der Waals surface area (Å²) in [6.45, 7) is 4.95. The van der Waals surface area contributed by atoms with Gasteiger partial charge in [-0.1, -0.05) is 52.4 Å². The SMILES string of the molecule is CC1CCC(N(C2CCC(C)CC2)C2CCC(CCC3CCC(NC(=O)C4CC5CCCCC5CC4O)CC3)CC2)CC1. The van der Waals surface area contributed by atoms with Crippen LogP contribution in [0.5, 0.6) is 0 Å². The molecule has 4 unspecified atom stereocenters. The fourth-order valence-corrected chi connectivity index (χ4v) is 11.2. The molecule has 0 saturated heterocycles. The molecule has 2 N–H and O–H groups in total. The van der Waals surface area contributed by atoms with Crippen LogP contribution in [0.15, 0.2) is 0 Å². The van der Waals surface area contributed by atoms with Crippen molar-refractivity contribution in [2.75, 3.05) is 0 Å². The molecule has 4 heteroatoms. The zero-order valence-electron chi connectivity index (χ0n) is 28.2. The number of aliphatic hydroxyl groups is 1. The maximum atomic E-state index is 13.2. The van der Waals surface area contributed by atoms with E-state index in [-0.39, 0.29) is 11.8 Å². The van der Waals surface area contributed by atoms with Gasteiger partial charge in [0, 0.05) is 24.2 Å². The van der Waals surface area contributed by atoms with E-state index in [0.717, 1.165) is 67.5 Å². The summed E-state index contributed by atoms with van der Waals surface area (Å²) in [5.74, 6) is 5.04. The molecule has 0 bridgehead atoms. The highest BCUT2D eigenvalue weighted by atomic mass is 16.3. The van der Waals surface area contributed by atoms with E-state index in [2.05, 4.69) is 24.1 Å². The van der Waals surface area contributed by atoms with Gasteiger partial charge in [0.25, 0.3) is 0 Å². The predicted octanol–water partition coefficient (Wildman–Crippen LogP) is 9.04. The van der Waals surface area contributed by atoms with Gasteiger partial charge in [0.1, 0.15) is 0 Å². The van der Waals surface area contributed by atoms with E-state index >= 15 is 0 Å². The molecule has 4 nitrogen and oxygen atoms in total. The molecule has 6 rings (SSSR count). The van der Waals surface area contributed by atoms with Crippen molar-refractivity contribution in [1.82, 2.24) is 10.2 Å². The second-order valence-corrected chi connectivity index (χ2v) is 17.2. The van der Waals surface area contributed by atoms with Gasteiger partial charge in [-0.15, -0.1) is 0 Å². The van der Waals surface area contributed by atoms with E-state index in [0.29, 0.717) is 17.9 Å². The lowest BCUT2D eigenvalue weighted by Crippen LogP contribution is -2.52. The smallest absolute Gasteiger partial charge is 0.225 e. The van der Waals surface area contributed by atoms with Gasteiger partial charge in [-0.25, -0.2) is 0 Å². The quantitative estimate of drug-likeness (QED) is 0.294. The van der Waals surface area contributed by atoms with E-state index in [1.807, 2.05) is 0 Å². The summed E-state index contributed by atoms with van der Waals surface area (Å²) in [6.07, 6.45) is 31.7. The van der Waals surface area contributed by atoms with Crippen LogP contribution in [-0.4, -0.2) is 46.2 Å². The molecular weight excluding hydrogens is 528 g/mol. The first kappa shape index (κ1) is 32.3. The average Bonchev–Trinajstić information content (AvgIpc) is 3.03. The van der Waals surface area contributed by atoms with Crippen molar-refractivity contribution in [2.45, 2.75) is 198 Å². The number of rotatable bonds is 8. The van der Waals surface area contributed by atoms with Gasteiger partial charge >= 0.3 is 0 Å². The third-order valence-electron chi connectivity index (χ3n) is 14.2. The van der Waals surface area contributed by atoms with Gasteiger partial charge in [-0.3, -0.25) is 9.69 Å². The molecule has 1 amide bonds. The van der Waals surface area contributed by atoms with E-state index in [1.54, 1.807) is 0 Å². The largest absolute Gasteiger partial charge is 0.392 e. The molecule has 0 radical (unpaired) electrons. The molecular formula is C39H68N2O2. The Morgan fingerprint density at radius 2 is 1.05 bits per heavy atom. The fraction of sp³-hybridized carbons (Fsp3) is 0.974. The van der Waals surface area contributed by atoms with Crippen molar-refractivity contribution < 1.29 is 9.90 Å². The Morgan fingerprint density at radius 1 is 0.605 bits per heavy atom. The Balaban J connectivity index is 0.905. The van der Waals surface area contributed by atoms with Crippen molar-refractivity contribution in [3.63, 3.8) is 0 Å². The molecule has 0 aromatic rings. The summed E-state index contributed by atoms with van der Waals surface area (Å²) in [5.41, 5.74) is 0. The number of hydrogen-bond acceptors (Lipinski definition) is 3. The molecule has 43 heavy (non-hydrogen) atoms. The van der Waals surface area contributed by atoms with Crippen molar-refractivity contribution in [1.29, 1.82) is 0 Å². The lowest BCUT2D eigenvalue weighted by Gasteiger charge is -2.49. The van der Waals surface area contributed by atoms with Gasteiger partial charge in [-0.05, 0) is 151 Å². The van der Waals surface area contributed by atoms with E-state index in [1.165, 1.54) is 128 Å². The minimum Gasteiger partial charge on any atom is -0.392 e. The van der Waals surface area contributed by atoms with Crippen LogP contribution in [0.3, 0.4) is 0 Å². The fourth-order valence-electron chi connectivity index (χ4n) is 11.2. The number of aliphatic hydroxyl groups excluding tert-OH is 1. The molecule has 6 aliphatic rings. The van der Waals surface area contributed by atoms with Crippen LogP contribution < -0.4 is 5.32 Å². The van der Waals surface area contributed by atoms with Gasteiger partial charge in [-0.2, -0.15) is 0 Å². The second kappa shape index (κ2) is 15.3. The van der Waals surface area contributed by atoms with Gasteiger partial charge in [0.2, 0.25) is 5.91 Å². The van der Waals surface area contributed by atoms with Gasteiger partial charge in [0.05, 0.1) is 12.0 Å². The van der Waals surface area contributed by atoms with Crippen LogP contribution >= 0.6 is 0 Å². The molecule has 0 aromatic carbocycles. The number of nitrogens with zero attached hydrogens (tertiary/aromatic N) is 1. The lowest BCUT2D eigenvalue weighted by atomic mass is 9.66. The summed E-state index contributed by atoms with van der Waals surface area (Å²) < 4.78 is 0. The molecule has 246 valence electrons. The average molecular weight is 597 g/mol. The summed E-state index contributed by atoms with van der Waals surface area (Å²) in [5, 5.41) is 14.2. The van der Waals surface area contributed by atoms with Crippen molar-refractivity contribution >= 4 is 5.91 Å². The standard InChI is InChI=1S/C39H68N2O2/c1-27-7-19-34(20-8-27)41(35-21-9-28(2)10-22-35)36-23-15-30(16-24-36)12-11-29-13-17-33(18-14-29)40-39(43)37-25-31-5-3-4-6-32(31)26-38(37)42/h27-38,42H,3-26H2,1-2H3,(H,40,43). The minimum atomic E-state index is -0.421. The molecule has 0 aliphatic heterocycles. The Bertz CT molecular complexity index is 823. The third-order valence-corrected chi connectivity index (χ3v) is 14.2. The third kappa shape index (κ3) is 8.41. The summed E-state index contributed by atoms with van der Waals surface area (Å²) >= 11 is 0. The topological polar surface area (TPSA) is 52.6 Å². The van der Waals surface area contributed by atoms with Gasteiger partial charge < -0.3 is 10.4 Å². The number of nitrogens with one attached hydrogen (secondary N) is 1. The first-order valence-electron chi connectivity index (χ1n) is 19.7. The minimum absolute atomic E-state index is 0.161. The van der Waals surface area contributed by atoms with Crippen LogP contribution in [-0.2, 0) is 4.79 Å².